The second kappa shape index (κ2) is 9.75. The van der Waals surface area contributed by atoms with Gasteiger partial charge in [0.1, 0.15) is 11.4 Å². The van der Waals surface area contributed by atoms with Crippen LogP contribution in [0.15, 0.2) is 150 Å². The second-order valence-electron chi connectivity index (χ2n) is 10.9. The van der Waals surface area contributed by atoms with E-state index in [0.29, 0.717) is 5.71 Å². The number of fused-ring (bicyclic) bond motifs is 5. The van der Waals surface area contributed by atoms with E-state index < -0.39 is 0 Å². The molecule has 9 aromatic rings. The first kappa shape index (κ1) is 24.5. The van der Waals surface area contributed by atoms with E-state index in [1.54, 1.807) is 0 Å². The van der Waals surface area contributed by atoms with Crippen LogP contribution < -0.4 is 0 Å². The fraction of sp³-hybridized carbons (Fsp3) is 0. The first-order chi connectivity index (χ1) is 21.8. The molecule has 206 valence electrons. The molecule has 0 saturated carbocycles. The summed E-state index contributed by atoms with van der Waals surface area (Å²) in [7, 11) is 0. The van der Waals surface area contributed by atoms with Crippen LogP contribution in [0.3, 0.4) is 0 Å². The zero-order valence-electron chi connectivity index (χ0n) is 23.6. The van der Waals surface area contributed by atoms with Crippen molar-refractivity contribution < 1.29 is 4.42 Å². The Labute approximate surface area is 252 Å². The van der Waals surface area contributed by atoms with Gasteiger partial charge in [0.15, 0.2) is 0 Å². The molecule has 0 aliphatic heterocycles. The minimum Gasteiger partial charge on any atom is -0.438 e. The Morgan fingerprint density at radius 3 is 2.00 bits per heavy atom. The zero-order valence-corrected chi connectivity index (χ0v) is 23.6. The standard InChI is InChI=1S/C39H24N4O/c1-2-9-29(10-3-1)43-33-14-6-5-12-31(33)41-38(43)28-22-18-26(19-23-28)25-16-20-27(21-17-25)35-36-30-11-4-7-15-34(30)44-39(36)42-32-13-8-24-40-37(32)35/h1-24H. The number of rotatable bonds is 4. The van der Waals surface area contributed by atoms with E-state index in [1.807, 2.05) is 48.7 Å². The van der Waals surface area contributed by atoms with Crippen molar-refractivity contribution in [3.05, 3.63) is 146 Å². The molecular weight excluding hydrogens is 540 g/mol. The fourth-order valence-corrected chi connectivity index (χ4v) is 6.24. The molecule has 0 N–H and O–H groups in total. The number of furan rings is 1. The van der Waals surface area contributed by atoms with E-state index in [-0.39, 0.29) is 0 Å². The third-order valence-electron chi connectivity index (χ3n) is 8.30. The number of hydrogen-bond acceptors (Lipinski definition) is 4. The Morgan fingerprint density at radius 2 is 1.18 bits per heavy atom. The second-order valence-corrected chi connectivity index (χ2v) is 10.9. The van der Waals surface area contributed by atoms with Crippen molar-refractivity contribution >= 4 is 44.1 Å². The maximum absolute atomic E-state index is 6.17. The summed E-state index contributed by atoms with van der Waals surface area (Å²) in [6.07, 6.45) is 1.82. The molecule has 0 aliphatic carbocycles. The van der Waals surface area contributed by atoms with E-state index >= 15 is 0 Å². The van der Waals surface area contributed by atoms with Gasteiger partial charge < -0.3 is 4.42 Å². The molecule has 0 amide bonds. The lowest BCUT2D eigenvalue weighted by Gasteiger charge is -2.11. The lowest BCUT2D eigenvalue weighted by Crippen LogP contribution is -1.97. The minimum absolute atomic E-state index is 0.628. The maximum atomic E-state index is 6.17. The highest BCUT2D eigenvalue weighted by molar-refractivity contribution is 6.17. The van der Waals surface area contributed by atoms with Crippen LogP contribution in [-0.4, -0.2) is 19.5 Å². The molecule has 9 rings (SSSR count). The summed E-state index contributed by atoms with van der Waals surface area (Å²) < 4.78 is 8.40. The van der Waals surface area contributed by atoms with E-state index in [4.69, 9.17) is 19.4 Å². The van der Waals surface area contributed by atoms with Gasteiger partial charge in [-0.05, 0) is 59.2 Å². The Morgan fingerprint density at radius 1 is 0.523 bits per heavy atom. The van der Waals surface area contributed by atoms with Gasteiger partial charge in [-0.25, -0.2) is 9.97 Å². The average molecular weight is 565 g/mol. The third kappa shape index (κ3) is 3.83. The van der Waals surface area contributed by atoms with Crippen molar-refractivity contribution in [3.63, 3.8) is 0 Å². The number of nitrogens with zero attached hydrogens (tertiary/aromatic N) is 4. The van der Waals surface area contributed by atoms with Gasteiger partial charge in [0.05, 0.1) is 27.5 Å². The monoisotopic (exact) mass is 564 g/mol. The lowest BCUT2D eigenvalue weighted by molar-refractivity contribution is 0.656. The van der Waals surface area contributed by atoms with Crippen molar-refractivity contribution in [1.29, 1.82) is 0 Å². The zero-order chi connectivity index (χ0) is 29.0. The van der Waals surface area contributed by atoms with E-state index in [2.05, 4.69) is 102 Å². The van der Waals surface area contributed by atoms with Crippen LogP contribution in [-0.2, 0) is 0 Å². The summed E-state index contributed by atoms with van der Waals surface area (Å²) >= 11 is 0. The Bertz CT molecular complexity index is 2470. The molecule has 5 heteroatoms. The molecule has 0 radical (unpaired) electrons. The van der Waals surface area contributed by atoms with Crippen molar-refractivity contribution in [1.82, 2.24) is 19.5 Å². The summed E-state index contributed by atoms with van der Waals surface area (Å²) in [6, 6.07) is 48.0. The number of imidazole rings is 1. The highest BCUT2D eigenvalue weighted by Crippen LogP contribution is 2.40. The molecule has 4 heterocycles. The number of benzene rings is 5. The van der Waals surface area contributed by atoms with Crippen molar-refractivity contribution in [3.8, 4) is 39.3 Å². The van der Waals surface area contributed by atoms with Gasteiger partial charge in [0.25, 0.3) is 0 Å². The summed E-state index contributed by atoms with van der Waals surface area (Å²) in [5.41, 5.74) is 11.7. The summed E-state index contributed by atoms with van der Waals surface area (Å²) in [5, 5.41) is 2.03. The van der Waals surface area contributed by atoms with E-state index in [0.717, 1.165) is 77.8 Å². The molecule has 5 aromatic carbocycles. The van der Waals surface area contributed by atoms with Crippen molar-refractivity contribution in [2.24, 2.45) is 0 Å². The quantitative estimate of drug-likeness (QED) is 0.213. The summed E-state index contributed by atoms with van der Waals surface area (Å²) in [5.74, 6) is 0.924. The first-order valence-electron chi connectivity index (χ1n) is 14.6. The molecule has 0 spiro atoms. The Balaban J connectivity index is 1.13. The van der Waals surface area contributed by atoms with Gasteiger partial charge in [-0.15, -0.1) is 0 Å². The Hall–Kier alpha value is -6.07. The van der Waals surface area contributed by atoms with Gasteiger partial charge >= 0.3 is 0 Å². The Kier molecular flexibility index (Phi) is 5.43. The minimum atomic E-state index is 0.628. The molecule has 0 saturated heterocycles. The highest BCUT2D eigenvalue weighted by Gasteiger charge is 2.19. The van der Waals surface area contributed by atoms with Crippen molar-refractivity contribution in [2.75, 3.05) is 0 Å². The molecular formula is C39H24N4O. The SMILES string of the molecule is c1ccc(-n2c(-c3ccc(-c4ccc(-c5c6ncccc6nc6oc7ccccc7c56)cc4)cc3)nc3ccccc32)cc1. The molecule has 4 aromatic heterocycles. The van der Waals surface area contributed by atoms with Crippen molar-refractivity contribution in [2.45, 2.75) is 0 Å². The van der Waals surface area contributed by atoms with Crippen LogP contribution >= 0.6 is 0 Å². The predicted octanol–water partition coefficient (Wildman–Crippen LogP) is 9.87. The van der Waals surface area contributed by atoms with Crippen LogP contribution in [0, 0.1) is 0 Å². The van der Waals surface area contributed by atoms with Gasteiger partial charge in [0, 0.05) is 28.4 Å². The summed E-state index contributed by atoms with van der Waals surface area (Å²) in [4.78, 5) is 14.6. The summed E-state index contributed by atoms with van der Waals surface area (Å²) in [6.45, 7) is 0. The van der Waals surface area contributed by atoms with Gasteiger partial charge in [0.2, 0.25) is 5.71 Å². The average Bonchev–Trinajstić information content (AvgIpc) is 3.66. The third-order valence-corrected chi connectivity index (χ3v) is 8.30. The van der Waals surface area contributed by atoms with Crippen LogP contribution in [0.5, 0.6) is 0 Å². The predicted molar refractivity (Wildman–Crippen MR) is 178 cm³/mol. The van der Waals surface area contributed by atoms with Crippen LogP contribution in [0.4, 0.5) is 0 Å². The maximum Gasteiger partial charge on any atom is 0.228 e. The first-order valence-corrected chi connectivity index (χ1v) is 14.6. The van der Waals surface area contributed by atoms with E-state index in [1.165, 1.54) is 0 Å². The fourth-order valence-electron chi connectivity index (χ4n) is 6.24. The van der Waals surface area contributed by atoms with Crippen LogP contribution in [0.2, 0.25) is 0 Å². The van der Waals surface area contributed by atoms with Gasteiger partial charge in [-0.3, -0.25) is 9.55 Å². The lowest BCUT2D eigenvalue weighted by atomic mass is 9.96. The molecule has 0 bridgehead atoms. The molecule has 5 nitrogen and oxygen atoms in total. The normalized spacial score (nSPS) is 11.6. The molecule has 44 heavy (non-hydrogen) atoms. The van der Waals surface area contributed by atoms with Crippen LogP contribution in [0.1, 0.15) is 0 Å². The number of pyridine rings is 2. The highest BCUT2D eigenvalue weighted by atomic mass is 16.3. The van der Waals surface area contributed by atoms with E-state index in [9.17, 15) is 0 Å². The van der Waals surface area contributed by atoms with Crippen LogP contribution in [0.25, 0.3) is 83.5 Å². The smallest absolute Gasteiger partial charge is 0.228 e. The molecule has 0 unspecified atom stereocenters. The van der Waals surface area contributed by atoms with Gasteiger partial charge in [-0.1, -0.05) is 97.1 Å². The number of para-hydroxylation sites is 4. The molecule has 0 fully saturated rings. The largest absolute Gasteiger partial charge is 0.438 e. The molecule has 0 atom stereocenters. The topological polar surface area (TPSA) is 56.7 Å². The number of hydrogen-bond donors (Lipinski definition) is 0. The molecule has 0 aliphatic rings. The van der Waals surface area contributed by atoms with Gasteiger partial charge in [-0.2, -0.15) is 0 Å². The number of aromatic nitrogens is 4.